The molecule has 12 atom stereocenters. The van der Waals surface area contributed by atoms with Gasteiger partial charge in [0.1, 0.15) is 11.6 Å². The van der Waals surface area contributed by atoms with Crippen molar-refractivity contribution in [2.75, 3.05) is 20.3 Å². The maximum atomic E-state index is 14.4. The molecule has 5 N–H and O–H groups in total. The summed E-state index contributed by atoms with van der Waals surface area (Å²) < 4.78 is 5.75. The number of Topliss-reactive ketones (excluding diaryl/α,β-unsaturated/α-hetero) is 2. The van der Waals surface area contributed by atoms with Crippen molar-refractivity contribution in [2.24, 2.45) is 70.8 Å². The first kappa shape index (κ1) is 39.4. The Morgan fingerprint density at radius 1 is 0.843 bits per heavy atom. The number of ketones is 2. The van der Waals surface area contributed by atoms with Crippen LogP contribution in [-0.2, 0) is 14.3 Å². The minimum atomic E-state index is -0.509. The van der Waals surface area contributed by atoms with Gasteiger partial charge in [-0.3, -0.25) is 9.59 Å². The molecule has 0 bridgehead atoms. The van der Waals surface area contributed by atoms with Crippen LogP contribution in [0.5, 0.6) is 0 Å². The summed E-state index contributed by atoms with van der Waals surface area (Å²) in [6.45, 7) is 1.13. The maximum Gasteiger partial charge on any atom is 0.144 e. The van der Waals surface area contributed by atoms with E-state index in [0.717, 1.165) is 70.3 Å². The number of aliphatic hydroxyl groups excluding tert-OH is 2. The van der Waals surface area contributed by atoms with E-state index in [-0.39, 0.29) is 78.3 Å². The van der Waals surface area contributed by atoms with E-state index >= 15 is 0 Å². The van der Waals surface area contributed by atoms with Crippen molar-refractivity contribution >= 4 is 11.6 Å². The van der Waals surface area contributed by atoms with E-state index in [1.807, 2.05) is 0 Å². The molecule has 6 rings (SSSR count). The number of fused-ring (bicyclic) bond motifs is 2. The number of carbonyl (C=O) groups is 2. The summed E-state index contributed by atoms with van der Waals surface area (Å²) in [6, 6.07) is 0. The van der Waals surface area contributed by atoms with Crippen molar-refractivity contribution in [3.05, 3.63) is 0 Å². The third kappa shape index (κ3) is 10.7. The van der Waals surface area contributed by atoms with Gasteiger partial charge in [0, 0.05) is 37.9 Å². The summed E-state index contributed by atoms with van der Waals surface area (Å²) in [6.07, 6.45) is 22.8. The Kier molecular flexibility index (Phi) is 14.9. The zero-order valence-corrected chi connectivity index (χ0v) is 32.0. The SMILES string of the molecule is COC1CC2CCC(=O)CC(=O)C3CC(C(CO)CCC4CCCCC4)CC(CC4CCNC(N)C4)CC3C#CC(C3CCCCC3)C2CC1O. The molecule has 1 aliphatic heterocycles. The van der Waals surface area contributed by atoms with E-state index in [2.05, 4.69) is 17.2 Å². The molecule has 1 saturated heterocycles. The molecule has 1 heterocycles. The summed E-state index contributed by atoms with van der Waals surface area (Å²) in [5.41, 5.74) is 6.40. The molecule has 0 aromatic carbocycles. The van der Waals surface area contributed by atoms with Gasteiger partial charge in [-0.2, -0.15) is 0 Å². The normalized spacial score (nSPS) is 40.0. The summed E-state index contributed by atoms with van der Waals surface area (Å²) in [7, 11) is 1.69. The zero-order valence-electron chi connectivity index (χ0n) is 32.0. The van der Waals surface area contributed by atoms with Crippen LogP contribution in [-0.4, -0.2) is 60.4 Å². The molecule has 288 valence electrons. The predicted molar refractivity (Wildman–Crippen MR) is 202 cm³/mol. The van der Waals surface area contributed by atoms with Crippen LogP contribution < -0.4 is 11.1 Å². The predicted octanol–water partition coefficient (Wildman–Crippen LogP) is 7.20. The smallest absolute Gasteiger partial charge is 0.144 e. The fourth-order valence-electron chi connectivity index (χ4n) is 12.2. The van der Waals surface area contributed by atoms with Gasteiger partial charge in [-0.05, 0) is 131 Å². The van der Waals surface area contributed by atoms with E-state index in [1.54, 1.807) is 7.11 Å². The van der Waals surface area contributed by atoms with Crippen LogP contribution in [0, 0.1) is 76.9 Å². The number of carbonyl (C=O) groups excluding carboxylic acids is 2. The lowest BCUT2D eigenvalue weighted by Crippen LogP contribution is -2.44. The van der Waals surface area contributed by atoms with Crippen molar-refractivity contribution in [1.82, 2.24) is 5.32 Å². The lowest BCUT2D eigenvalue weighted by atomic mass is 9.63. The Hall–Kier alpha value is -1.30. The van der Waals surface area contributed by atoms with Crippen molar-refractivity contribution in [2.45, 2.75) is 166 Å². The van der Waals surface area contributed by atoms with Crippen LogP contribution >= 0.6 is 0 Å². The monoisotopic (exact) mass is 709 g/mol. The van der Waals surface area contributed by atoms with Crippen LogP contribution in [0.2, 0.25) is 0 Å². The highest BCUT2D eigenvalue weighted by molar-refractivity contribution is 6.00. The van der Waals surface area contributed by atoms with Gasteiger partial charge in [0.05, 0.1) is 24.8 Å². The Balaban J connectivity index is 1.33. The quantitative estimate of drug-likeness (QED) is 0.148. The molecule has 5 aliphatic carbocycles. The van der Waals surface area contributed by atoms with Crippen molar-refractivity contribution in [1.29, 1.82) is 0 Å². The average molecular weight is 709 g/mol. The second kappa shape index (κ2) is 19.3. The molecular formula is C44H72N2O5. The number of aliphatic hydroxyl groups is 2. The van der Waals surface area contributed by atoms with Crippen LogP contribution in [0.1, 0.15) is 148 Å². The van der Waals surface area contributed by atoms with E-state index in [0.29, 0.717) is 30.6 Å². The minimum Gasteiger partial charge on any atom is -0.396 e. The minimum absolute atomic E-state index is 0.00895. The van der Waals surface area contributed by atoms with Crippen molar-refractivity contribution in [3.63, 3.8) is 0 Å². The fraction of sp³-hybridized carbons (Fsp3) is 0.909. The van der Waals surface area contributed by atoms with Crippen LogP contribution in [0.3, 0.4) is 0 Å². The molecule has 12 unspecified atom stereocenters. The average Bonchev–Trinajstić information content (AvgIpc) is 3.31. The summed E-state index contributed by atoms with van der Waals surface area (Å²) in [5, 5.41) is 25.6. The summed E-state index contributed by atoms with van der Waals surface area (Å²) in [5.74, 6) is 11.1. The number of nitrogens with two attached hydrogens (primary N) is 1. The summed E-state index contributed by atoms with van der Waals surface area (Å²) >= 11 is 0. The van der Waals surface area contributed by atoms with Gasteiger partial charge in [-0.25, -0.2) is 0 Å². The van der Waals surface area contributed by atoms with Crippen molar-refractivity contribution < 1.29 is 24.5 Å². The molecule has 0 spiro atoms. The second-order valence-electron chi connectivity index (χ2n) is 18.4. The highest BCUT2D eigenvalue weighted by Crippen LogP contribution is 2.47. The van der Waals surface area contributed by atoms with Gasteiger partial charge in [-0.1, -0.05) is 69.6 Å². The largest absolute Gasteiger partial charge is 0.396 e. The van der Waals surface area contributed by atoms with Gasteiger partial charge in [0.15, 0.2) is 0 Å². The first-order valence-electron chi connectivity index (χ1n) is 21.7. The van der Waals surface area contributed by atoms with Crippen LogP contribution in [0.15, 0.2) is 0 Å². The molecular weight excluding hydrogens is 636 g/mol. The molecule has 0 amide bonds. The second-order valence-corrected chi connectivity index (χ2v) is 18.4. The van der Waals surface area contributed by atoms with Gasteiger partial charge in [-0.15, -0.1) is 0 Å². The molecule has 6 aliphatic rings. The third-order valence-electron chi connectivity index (χ3n) is 15.1. The first-order valence-corrected chi connectivity index (χ1v) is 21.7. The molecule has 51 heavy (non-hydrogen) atoms. The van der Waals surface area contributed by atoms with E-state index in [9.17, 15) is 19.8 Å². The van der Waals surface area contributed by atoms with Crippen LogP contribution in [0.25, 0.3) is 0 Å². The van der Waals surface area contributed by atoms with Gasteiger partial charge in [0.25, 0.3) is 0 Å². The molecule has 7 nitrogen and oxygen atoms in total. The van der Waals surface area contributed by atoms with Gasteiger partial charge < -0.3 is 26.0 Å². The lowest BCUT2D eigenvalue weighted by molar-refractivity contribution is -0.131. The Labute approximate surface area is 309 Å². The van der Waals surface area contributed by atoms with Gasteiger partial charge in [0.2, 0.25) is 0 Å². The Morgan fingerprint density at radius 2 is 1.61 bits per heavy atom. The molecule has 0 aromatic heterocycles. The number of methoxy groups -OCH3 is 1. The fourth-order valence-corrected chi connectivity index (χ4v) is 12.2. The topological polar surface area (TPSA) is 122 Å². The number of ether oxygens (including phenoxy) is 1. The van der Waals surface area contributed by atoms with Gasteiger partial charge >= 0.3 is 0 Å². The number of piperidine rings is 1. The maximum absolute atomic E-state index is 14.4. The molecule has 4 saturated carbocycles. The van der Waals surface area contributed by atoms with Crippen LogP contribution in [0.4, 0.5) is 0 Å². The highest BCUT2D eigenvalue weighted by atomic mass is 16.5. The summed E-state index contributed by atoms with van der Waals surface area (Å²) in [4.78, 5) is 28.1. The Morgan fingerprint density at radius 3 is 2.33 bits per heavy atom. The number of hydrogen-bond acceptors (Lipinski definition) is 7. The standard InChI is InChI=1S/C44H72N2O5/c1-51-43-25-34-14-16-37(48)26-41(49)40-24-36(35(28-47)13-12-29-8-4-2-5-9-29)22-31(20-30-18-19-46-44(45)23-30)21-33(40)15-17-38(39(34)27-42(43)50)32-10-6-3-7-11-32/h29-36,38-40,42-44,46-47,50H,2-14,16,18-28,45H2,1H3. The highest BCUT2D eigenvalue weighted by Gasteiger charge is 2.44. The van der Waals surface area contributed by atoms with E-state index in [1.165, 1.54) is 70.6 Å². The number of rotatable bonds is 9. The number of nitrogens with one attached hydrogen (secondary N) is 1. The zero-order chi connectivity index (χ0) is 35.7. The Bertz CT molecular complexity index is 1170. The lowest BCUT2D eigenvalue weighted by Gasteiger charge is -2.44. The van der Waals surface area contributed by atoms with Crippen molar-refractivity contribution in [3.8, 4) is 11.8 Å². The third-order valence-corrected chi connectivity index (χ3v) is 15.1. The molecule has 5 fully saturated rings. The van der Waals surface area contributed by atoms with E-state index in [4.69, 9.17) is 10.5 Å². The van der Waals surface area contributed by atoms with E-state index < -0.39 is 6.10 Å². The number of hydrogen-bond donors (Lipinski definition) is 4. The molecule has 0 aromatic rings. The first-order chi connectivity index (χ1) is 24.8. The molecule has 0 radical (unpaired) electrons. The molecule has 7 heteroatoms.